The zero-order chi connectivity index (χ0) is 17.4. The first-order valence-electron chi connectivity index (χ1n) is 8.40. The highest BCUT2D eigenvalue weighted by molar-refractivity contribution is 5.94. The fraction of sp³-hybridized carbons (Fsp3) is 0.350. The second-order valence-corrected chi connectivity index (χ2v) is 6.05. The maximum atomic E-state index is 12.2. The molecule has 0 unspecified atom stereocenters. The molecule has 2 aromatic rings. The molecule has 0 saturated carbocycles. The van der Waals surface area contributed by atoms with Gasteiger partial charge in [-0.25, -0.2) is 0 Å². The largest absolute Gasteiger partial charge is 0.489 e. The number of amides is 1. The molecule has 0 fully saturated rings. The van der Waals surface area contributed by atoms with Gasteiger partial charge in [-0.3, -0.25) is 4.79 Å². The van der Waals surface area contributed by atoms with E-state index in [1.165, 1.54) is 0 Å². The molecule has 0 bridgehead atoms. The fourth-order valence-corrected chi connectivity index (χ4v) is 2.29. The molecule has 0 saturated heterocycles. The maximum absolute atomic E-state index is 12.2. The molecule has 24 heavy (non-hydrogen) atoms. The van der Waals surface area contributed by atoms with Crippen LogP contribution in [-0.4, -0.2) is 18.0 Å². The monoisotopic (exact) mass is 326 g/mol. The minimum absolute atomic E-state index is 0.0951. The Balaban J connectivity index is 1.88. The second kappa shape index (κ2) is 8.50. The maximum Gasteiger partial charge on any atom is 0.251 e. The van der Waals surface area contributed by atoms with Crippen molar-refractivity contribution in [1.82, 2.24) is 5.32 Å². The third kappa shape index (κ3) is 5.10. The summed E-state index contributed by atoms with van der Waals surface area (Å²) in [6, 6.07) is 17.1. The van der Waals surface area contributed by atoms with Crippen molar-refractivity contribution in [2.24, 2.45) is 5.73 Å². The van der Waals surface area contributed by atoms with Crippen LogP contribution in [0.4, 0.5) is 0 Å². The van der Waals surface area contributed by atoms with Crippen LogP contribution in [0.3, 0.4) is 0 Å². The van der Waals surface area contributed by atoms with Gasteiger partial charge in [0.1, 0.15) is 12.4 Å². The molecule has 0 heterocycles. The van der Waals surface area contributed by atoms with Gasteiger partial charge in [0, 0.05) is 17.6 Å². The summed E-state index contributed by atoms with van der Waals surface area (Å²) in [6.07, 6.45) is 1.67. The Hall–Kier alpha value is -2.33. The van der Waals surface area contributed by atoms with E-state index in [-0.39, 0.29) is 11.4 Å². The van der Waals surface area contributed by atoms with Gasteiger partial charge in [-0.2, -0.15) is 0 Å². The molecule has 128 valence electrons. The Labute approximate surface area is 144 Å². The standard InChI is InChI=1S/C20H26N2O2/c1-3-20(21,4-2)15-22-19(23)17-12-10-16(11-13-17)14-24-18-8-6-5-7-9-18/h5-13H,3-4,14-15,21H2,1-2H3,(H,22,23). The summed E-state index contributed by atoms with van der Waals surface area (Å²) in [6.45, 7) is 5.04. The number of nitrogens with one attached hydrogen (secondary N) is 1. The first kappa shape index (κ1) is 18.0. The van der Waals surface area contributed by atoms with Gasteiger partial charge in [0.05, 0.1) is 0 Å². The minimum atomic E-state index is -0.334. The van der Waals surface area contributed by atoms with Crippen molar-refractivity contribution in [3.8, 4) is 5.75 Å². The Bertz CT molecular complexity index is 634. The summed E-state index contributed by atoms with van der Waals surface area (Å²) in [7, 11) is 0. The number of carbonyl (C=O) groups excluding carboxylic acids is 1. The van der Waals surface area contributed by atoms with Crippen molar-refractivity contribution < 1.29 is 9.53 Å². The lowest BCUT2D eigenvalue weighted by Crippen LogP contribution is -2.49. The van der Waals surface area contributed by atoms with Gasteiger partial charge in [0.15, 0.2) is 0 Å². The van der Waals surface area contributed by atoms with Gasteiger partial charge < -0.3 is 15.8 Å². The van der Waals surface area contributed by atoms with Gasteiger partial charge in [0.2, 0.25) is 0 Å². The molecule has 0 aliphatic rings. The summed E-state index contributed by atoms with van der Waals surface area (Å²) in [4.78, 5) is 12.2. The van der Waals surface area contributed by atoms with Crippen molar-refractivity contribution in [1.29, 1.82) is 0 Å². The Morgan fingerprint density at radius 2 is 1.67 bits per heavy atom. The number of nitrogens with two attached hydrogens (primary N) is 1. The van der Waals surface area contributed by atoms with Crippen LogP contribution < -0.4 is 15.8 Å². The molecule has 0 atom stereocenters. The van der Waals surface area contributed by atoms with Crippen molar-refractivity contribution >= 4 is 5.91 Å². The molecule has 4 heteroatoms. The quantitative estimate of drug-likeness (QED) is 0.780. The van der Waals surface area contributed by atoms with E-state index in [2.05, 4.69) is 5.32 Å². The third-order valence-corrected chi connectivity index (χ3v) is 4.37. The van der Waals surface area contributed by atoms with E-state index in [0.717, 1.165) is 24.2 Å². The number of ether oxygens (including phenoxy) is 1. The molecule has 0 aromatic heterocycles. The van der Waals surface area contributed by atoms with Crippen molar-refractivity contribution in [2.45, 2.75) is 38.8 Å². The smallest absolute Gasteiger partial charge is 0.251 e. The number of rotatable bonds is 8. The van der Waals surface area contributed by atoms with Crippen molar-refractivity contribution in [3.63, 3.8) is 0 Å². The summed E-state index contributed by atoms with van der Waals surface area (Å²) in [5.41, 5.74) is 7.53. The molecule has 2 aromatic carbocycles. The van der Waals surface area contributed by atoms with Crippen LogP contribution in [0.25, 0.3) is 0 Å². The highest BCUT2D eigenvalue weighted by atomic mass is 16.5. The molecule has 0 aliphatic heterocycles. The van der Waals surface area contributed by atoms with Gasteiger partial charge in [-0.15, -0.1) is 0 Å². The lowest BCUT2D eigenvalue weighted by molar-refractivity contribution is 0.0942. The predicted molar refractivity (Wildman–Crippen MR) is 97.0 cm³/mol. The number of benzene rings is 2. The van der Waals surface area contributed by atoms with Crippen LogP contribution >= 0.6 is 0 Å². The van der Waals surface area contributed by atoms with Gasteiger partial charge in [-0.1, -0.05) is 44.2 Å². The topological polar surface area (TPSA) is 64.3 Å². The number of hydrogen-bond acceptors (Lipinski definition) is 3. The van der Waals surface area contributed by atoms with E-state index in [9.17, 15) is 4.79 Å². The van der Waals surface area contributed by atoms with Crippen LogP contribution in [0.1, 0.15) is 42.6 Å². The molecule has 1 amide bonds. The summed E-state index contributed by atoms with van der Waals surface area (Å²) in [5.74, 6) is 0.736. The van der Waals surface area contributed by atoms with Crippen LogP contribution in [0.15, 0.2) is 54.6 Å². The van der Waals surface area contributed by atoms with Crippen molar-refractivity contribution in [2.75, 3.05) is 6.54 Å². The Morgan fingerprint density at radius 1 is 1.04 bits per heavy atom. The Morgan fingerprint density at radius 3 is 2.25 bits per heavy atom. The highest BCUT2D eigenvalue weighted by Gasteiger charge is 2.21. The number of hydrogen-bond donors (Lipinski definition) is 2. The highest BCUT2D eigenvalue weighted by Crippen LogP contribution is 2.13. The molecule has 3 N–H and O–H groups in total. The molecular formula is C20H26N2O2. The zero-order valence-electron chi connectivity index (χ0n) is 14.4. The Kier molecular flexibility index (Phi) is 6.38. The number of carbonyl (C=O) groups is 1. The van der Waals surface area contributed by atoms with Crippen LogP contribution in [0.5, 0.6) is 5.75 Å². The van der Waals surface area contributed by atoms with E-state index in [1.54, 1.807) is 0 Å². The lowest BCUT2D eigenvalue weighted by Gasteiger charge is -2.26. The van der Waals surface area contributed by atoms with E-state index in [4.69, 9.17) is 10.5 Å². The third-order valence-electron chi connectivity index (χ3n) is 4.37. The summed E-state index contributed by atoms with van der Waals surface area (Å²) >= 11 is 0. The normalized spacial score (nSPS) is 11.1. The molecule has 0 radical (unpaired) electrons. The second-order valence-electron chi connectivity index (χ2n) is 6.05. The summed E-state index contributed by atoms with van der Waals surface area (Å²) in [5, 5.41) is 2.92. The van der Waals surface area contributed by atoms with Crippen LogP contribution in [0.2, 0.25) is 0 Å². The minimum Gasteiger partial charge on any atom is -0.489 e. The van der Waals surface area contributed by atoms with Gasteiger partial charge in [0.25, 0.3) is 5.91 Å². The van der Waals surface area contributed by atoms with Crippen molar-refractivity contribution in [3.05, 3.63) is 65.7 Å². The first-order valence-corrected chi connectivity index (χ1v) is 8.40. The first-order chi connectivity index (χ1) is 11.6. The molecule has 4 nitrogen and oxygen atoms in total. The van der Waals surface area contributed by atoms with E-state index < -0.39 is 0 Å². The lowest BCUT2D eigenvalue weighted by atomic mass is 9.94. The number of para-hydroxylation sites is 1. The average molecular weight is 326 g/mol. The van der Waals surface area contributed by atoms with E-state index >= 15 is 0 Å². The molecule has 0 spiro atoms. The predicted octanol–water partition coefficient (Wildman–Crippen LogP) is 3.51. The fourth-order valence-electron chi connectivity index (χ4n) is 2.29. The SMILES string of the molecule is CCC(N)(CC)CNC(=O)c1ccc(COc2ccccc2)cc1. The molecule has 0 aliphatic carbocycles. The van der Waals surface area contributed by atoms with Crippen LogP contribution in [-0.2, 0) is 6.61 Å². The van der Waals surface area contributed by atoms with Gasteiger partial charge >= 0.3 is 0 Å². The molecule has 2 rings (SSSR count). The molecular weight excluding hydrogens is 300 g/mol. The van der Waals surface area contributed by atoms with Gasteiger partial charge in [-0.05, 0) is 42.7 Å². The average Bonchev–Trinajstić information content (AvgIpc) is 2.65. The van der Waals surface area contributed by atoms with E-state index in [0.29, 0.717) is 18.7 Å². The summed E-state index contributed by atoms with van der Waals surface area (Å²) < 4.78 is 5.70. The zero-order valence-corrected chi connectivity index (χ0v) is 14.4. The van der Waals surface area contributed by atoms with E-state index in [1.807, 2.05) is 68.4 Å². The van der Waals surface area contributed by atoms with Crippen LogP contribution in [0, 0.1) is 0 Å².